The van der Waals surface area contributed by atoms with E-state index in [1.807, 2.05) is 45.0 Å². The highest BCUT2D eigenvalue weighted by atomic mass is 19.1. The smallest absolute Gasteiger partial charge is 0.181 e. The largest absolute Gasteiger partial charge is 0.503 e. The number of halogens is 1. The Bertz CT molecular complexity index is 1030. The van der Waals surface area contributed by atoms with Crippen LogP contribution in [0.5, 0.6) is 5.75 Å². The van der Waals surface area contributed by atoms with E-state index in [1.165, 1.54) is 43.5 Å². The molecular weight excluding hydrogens is 499 g/mol. The summed E-state index contributed by atoms with van der Waals surface area (Å²) >= 11 is 0. The lowest BCUT2D eigenvalue weighted by molar-refractivity contribution is 0.111. The summed E-state index contributed by atoms with van der Waals surface area (Å²) in [5.74, 6) is -1.56. The van der Waals surface area contributed by atoms with Gasteiger partial charge in [-0.25, -0.2) is 9.37 Å². The van der Waals surface area contributed by atoms with Crippen LogP contribution in [0.15, 0.2) is 54.6 Å². The Balaban J connectivity index is 0. The van der Waals surface area contributed by atoms with Gasteiger partial charge in [-0.15, -0.1) is 0 Å². The maximum Gasteiger partial charge on any atom is 0.181 e. The summed E-state index contributed by atoms with van der Waals surface area (Å²) in [6.45, 7) is 21.5. The predicted molar refractivity (Wildman–Crippen MR) is 172 cm³/mol. The van der Waals surface area contributed by atoms with Crippen molar-refractivity contribution in [2.24, 2.45) is 0 Å². The number of aromatic nitrogens is 1. The summed E-state index contributed by atoms with van der Waals surface area (Å²) in [6, 6.07) is 17.1. The number of nitrogens with zero attached hydrogens (tertiary/aromatic N) is 2. The number of hydrogen-bond donors (Lipinski definition) is 1. The van der Waals surface area contributed by atoms with Crippen LogP contribution in [0.25, 0.3) is 11.3 Å². The number of pyridine rings is 1. The molecule has 1 aromatic heterocycles. The number of carbonyl (C=O) groups excluding carboxylic acids is 1. The molecule has 3 rings (SSSR count). The fourth-order valence-corrected chi connectivity index (χ4v) is 3.55. The average Bonchev–Trinajstić information content (AvgIpc) is 2.97. The van der Waals surface area contributed by atoms with Gasteiger partial charge in [0, 0.05) is 11.6 Å². The molecule has 0 radical (unpaired) electrons. The van der Waals surface area contributed by atoms with E-state index in [0.29, 0.717) is 17.5 Å². The second kappa shape index (κ2) is 25.0. The van der Waals surface area contributed by atoms with Gasteiger partial charge in [-0.2, -0.15) is 0 Å². The first-order valence-electron chi connectivity index (χ1n) is 14.9. The first-order chi connectivity index (χ1) is 19.2. The molecule has 0 bridgehead atoms. The number of benzene rings is 2. The van der Waals surface area contributed by atoms with Crippen molar-refractivity contribution in [2.75, 3.05) is 20.1 Å². The summed E-state index contributed by atoms with van der Waals surface area (Å²) in [7, 11) is 2.17. The number of rotatable bonds is 8. The average molecular weight is 555 g/mol. The van der Waals surface area contributed by atoms with E-state index >= 15 is 0 Å². The summed E-state index contributed by atoms with van der Waals surface area (Å²) in [6.07, 6.45) is 6.19. The van der Waals surface area contributed by atoms with Crippen molar-refractivity contribution in [2.45, 2.75) is 94.4 Å². The normalized spacial score (nSPS) is 9.50. The summed E-state index contributed by atoms with van der Waals surface area (Å²) in [5, 5.41) is 9.28. The standard InChI is InChI=1S/C14H12FNO2.C9H12.C7H17N.C3H8.C2H6/c1-2-9-3-5-10(6-4-9)12-7-11(15)14(18)13(8-17)16-12;1-3-9-7-5-4-6-8(9)2;1-4-6-8(3)7-5-2;1-3-2;1-2/h3-8,18H,2H2,1H3;4-7H,3H2,1-2H3;4-7H2,1-3H3;3H2,1-2H3;1-2H3. The van der Waals surface area contributed by atoms with Gasteiger partial charge in [-0.1, -0.05) is 110 Å². The Morgan fingerprint density at radius 2 is 1.40 bits per heavy atom. The van der Waals surface area contributed by atoms with Gasteiger partial charge in [0.25, 0.3) is 0 Å². The molecule has 0 atom stereocenters. The molecule has 5 heteroatoms. The molecule has 40 heavy (non-hydrogen) atoms. The lowest BCUT2D eigenvalue weighted by Gasteiger charge is -2.12. The van der Waals surface area contributed by atoms with Gasteiger partial charge in [0.1, 0.15) is 5.69 Å². The van der Waals surface area contributed by atoms with Crippen molar-refractivity contribution < 1.29 is 14.3 Å². The monoisotopic (exact) mass is 554 g/mol. The molecule has 0 aliphatic rings. The Morgan fingerprint density at radius 3 is 1.80 bits per heavy atom. The molecule has 0 unspecified atom stereocenters. The maximum absolute atomic E-state index is 13.4. The van der Waals surface area contributed by atoms with Crippen LogP contribution in [0.3, 0.4) is 0 Å². The van der Waals surface area contributed by atoms with Crippen LogP contribution in [0, 0.1) is 12.7 Å². The molecule has 0 aliphatic heterocycles. The molecular formula is C35H55FN2O2. The van der Waals surface area contributed by atoms with E-state index in [1.54, 1.807) is 0 Å². The SMILES string of the molecule is CC.CCC.CCCN(C)CCC.CCc1ccc(-c2cc(F)c(O)c(C=O)n2)cc1.CCc1ccccc1C. The van der Waals surface area contributed by atoms with Gasteiger partial charge in [0.15, 0.2) is 17.9 Å². The molecule has 0 saturated carbocycles. The maximum atomic E-state index is 13.4. The Kier molecular flexibility index (Phi) is 24.4. The van der Waals surface area contributed by atoms with Crippen molar-refractivity contribution in [1.29, 1.82) is 0 Å². The van der Waals surface area contributed by atoms with Crippen molar-refractivity contribution in [3.05, 3.63) is 82.8 Å². The molecule has 2 aromatic carbocycles. The van der Waals surface area contributed by atoms with Crippen molar-refractivity contribution in [3.63, 3.8) is 0 Å². The molecule has 1 N–H and O–H groups in total. The summed E-state index contributed by atoms with van der Waals surface area (Å²) in [4.78, 5) is 17.0. The fourth-order valence-electron chi connectivity index (χ4n) is 3.55. The van der Waals surface area contributed by atoms with E-state index in [2.05, 4.69) is 82.7 Å². The van der Waals surface area contributed by atoms with Crippen molar-refractivity contribution in [3.8, 4) is 17.0 Å². The third-order valence-corrected chi connectivity index (χ3v) is 5.60. The van der Waals surface area contributed by atoms with Crippen LogP contribution < -0.4 is 0 Å². The van der Waals surface area contributed by atoms with Crippen molar-refractivity contribution in [1.82, 2.24) is 9.88 Å². The van der Waals surface area contributed by atoms with E-state index in [-0.39, 0.29) is 5.69 Å². The molecule has 0 saturated heterocycles. The Labute approximate surface area is 244 Å². The highest BCUT2D eigenvalue weighted by Gasteiger charge is 2.12. The highest BCUT2D eigenvalue weighted by molar-refractivity contribution is 5.78. The van der Waals surface area contributed by atoms with Gasteiger partial charge >= 0.3 is 0 Å². The minimum absolute atomic E-state index is 0.287. The number of carbonyl (C=O) groups is 1. The minimum Gasteiger partial charge on any atom is -0.503 e. The topological polar surface area (TPSA) is 53.4 Å². The first kappa shape index (κ1) is 39.1. The zero-order chi connectivity index (χ0) is 30.9. The Morgan fingerprint density at radius 1 is 0.875 bits per heavy atom. The number of aryl methyl sites for hydroxylation is 3. The Hall–Kier alpha value is -3.05. The second-order valence-corrected chi connectivity index (χ2v) is 9.18. The summed E-state index contributed by atoms with van der Waals surface area (Å²) < 4.78 is 13.4. The molecule has 4 nitrogen and oxygen atoms in total. The van der Waals surface area contributed by atoms with Gasteiger partial charge in [-0.05, 0) is 69.4 Å². The quantitative estimate of drug-likeness (QED) is 0.282. The van der Waals surface area contributed by atoms with E-state index in [9.17, 15) is 14.3 Å². The number of hydrogen-bond acceptors (Lipinski definition) is 4. The van der Waals surface area contributed by atoms with Gasteiger partial charge in [0.05, 0.1) is 5.69 Å². The lowest BCUT2D eigenvalue weighted by Crippen LogP contribution is -2.19. The molecule has 0 aliphatic carbocycles. The number of aromatic hydroxyl groups is 1. The number of aldehydes is 1. The first-order valence-corrected chi connectivity index (χ1v) is 14.9. The van der Waals surface area contributed by atoms with E-state index in [4.69, 9.17) is 0 Å². The molecule has 0 spiro atoms. The van der Waals surface area contributed by atoms with Gasteiger partial charge in [0.2, 0.25) is 0 Å². The highest BCUT2D eigenvalue weighted by Crippen LogP contribution is 2.25. The molecule has 0 amide bonds. The van der Waals surface area contributed by atoms with E-state index < -0.39 is 11.6 Å². The van der Waals surface area contributed by atoms with Crippen LogP contribution in [-0.4, -0.2) is 41.4 Å². The lowest BCUT2D eigenvalue weighted by atomic mass is 10.1. The van der Waals surface area contributed by atoms with Gasteiger partial charge < -0.3 is 10.0 Å². The third-order valence-electron chi connectivity index (χ3n) is 5.60. The van der Waals surface area contributed by atoms with Crippen LogP contribution in [0.4, 0.5) is 4.39 Å². The molecule has 224 valence electrons. The zero-order valence-corrected chi connectivity index (χ0v) is 26.9. The zero-order valence-electron chi connectivity index (χ0n) is 26.9. The predicted octanol–water partition coefficient (Wildman–Crippen LogP) is 9.71. The third kappa shape index (κ3) is 16.1. The fraction of sp³-hybridized carbons (Fsp3) is 0.486. The van der Waals surface area contributed by atoms with Crippen LogP contribution in [0.1, 0.15) is 102 Å². The van der Waals surface area contributed by atoms with E-state index in [0.717, 1.165) is 24.5 Å². The molecule has 1 heterocycles. The van der Waals surface area contributed by atoms with Crippen molar-refractivity contribution >= 4 is 6.29 Å². The van der Waals surface area contributed by atoms with Gasteiger partial charge in [-0.3, -0.25) is 4.79 Å². The van der Waals surface area contributed by atoms with Crippen LogP contribution >= 0.6 is 0 Å². The molecule has 0 fully saturated rings. The van der Waals surface area contributed by atoms with Crippen LogP contribution in [0.2, 0.25) is 0 Å². The summed E-state index contributed by atoms with van der Waals surface area (Å²) in [5.41, 5.74) is 4.76. The van der Waals surface area contributed by atoms with Crippen LogP contribution in [-0.2, 0) is 12.8 Å². The minimum atomic E-state index is -0.846. The second-order valence-electron chi connectivity index (χ2n) is 9.18. The molecule has 3 aromatic rings.